The van der Waals surface area contributed by atoms with Crippen molar-refractivity contribution in [1.82, 2.24) is 0 Å². The van der Waals surface area contributed by atoms with Crippen LogP contribution >= 0.6 is 11.8 Å². The molecule has 0 aliphatic carbocycles. The summed E-state index contributed by atoms with van der Waals surface area (Å²) in [4.78, 5) is 25.7. The topological polar surface area (TPSA) is 76.7 Å². The number of thioether (sulfide) groups is 1. The number of amides is 2. The predicted octanol–water partition coefficient (Wildman–Crippen LogP) is 5.08. The predicted molar refractivity (Wildman–Crippen MR) is 124 cm³/mol. The smallest absolute Gasteiger partial charge is 0.255 e. The number of hydrogen-bond donors (Lipinski definition) is 2. The molecule has 0 atom stereocenters. The highest BCUT2D eigenvalue weighted by Gasteiger charge is 2.10. The number of nitrogens with one attached hydrogen (secondary N) is 2. The summed E-state index contributed by atoms with van der Waals surface area (Å²) in [7, 11) is 1.55. The van der Waals surface area contributed by atoms with Crippen molar-refractivity contribution in [1.29, 1.82) is 0 Å². The maximum Gasteiger partial charge on any atom is 0.255 e. The summed E-state index contributed by atoms with van der Waals surface area (Å²) < 4.78 is 10.7. The zero-order chi connectivity index (χ0) is 22.1. The summed E-state index contributed by atoms with van der Waals surface area (Å²) in [6, 6.07) is 21.6. The number of hydrogen-bond acceptors (Lipinski definition) is 5. The first-order chi connectivity index (χ1) is 15.1. The lowest BCUT2D eigenvalue weighted by atomic mass is 10.2. The molecular weight excluding hydrogens is 412 g/mol. The van der Waals surface area contributed by atoms with E-state index in [-0.39, 0.29) is 17.6 Å². The third kappa shape index (κ3) is 6.52. The van der Waals surface area contributed by atoms with E-state index in [9.17, 15) is 9.59 Å². The van der Waals surface area contributed by atoms with Crippen LogP contribution in [0.25, 0.3) is 0 Å². The fraction of sp³-hybridized carbons (Fsp3) is 0.167. The second-order valence-electron chi connectivity index (χ2n) is 6.47. The molecule has 6 nitrogen and oxygen atoms in total. The minimum absolute atomic E-state index is 0.120. The Morgan fingerprint density at radius 2 is 1.61 bits per heavy atom. The maximum absolute atomic E-state index is 12.5. The molecule has 3 aromatic carbocycles. The standard InChI is InChI=1S/C24H24N2O4S/c1-3-30-19-12-14-20(15-13-19)31-16-23(27)25-18-10-8-17(9-11-18)24(28)26-21-6-4-5-7-22(21)29-2/h4-15H,3,16H2,1-2H3,(H,25,27)(H,26,28). The molecule has 7 heteroatoms. The van der Waals surface area contributed by atoms with Gasteiger partial charge in [-0.3, -0.25) is 9.59 Å². The van der Waals surface area contributed by atoms with E-state index < -0.39 is 0 Å². The van der Waals surface area contributed by atoms with Gasteiger partial charge in [0.25, 0.3) is 5.91 Å². The molecular formula is C24H24N2O4S. The van der Waals surface area contributed by atoms with Gasteiger partial charge in [0.1, 0.15) is 11.5 Å². The van der Waals surface area contributed by atoms with Crippen molar-refractivity contribution in [3.05, 3.63) is 78.4 Å². The SMILES string of the molecule is CCOc1ccc(SCC(=O)Nc2ccc(C(=O)Nc3ccccc3OC)cc2)cc1. The Bertz CT molecular complexity index is 1020. The molecule has 0 aliphatic heterocycles. The van der Waals surface area contributed by atoms with Gasteiger partial charge in [-0.2, -0.15) is 0 Å². The molecule has 2 amide bonds. The molecule has 0 saturated heterocycles. The van der Waals surface area contributed by atoms with Crippen LogP contribution in [-0.2, 0) is 4.79 Å². The number of carbonyl (C=O) groups excluding carboxylic acids is 2. The van der Waals surface area contributed by atoms with Crippen LogP contribution in [-0.4, -0.2) is 31.3 Å². The lowest BCUT2D eigenvalue weighted by Gasteiger charge is -2.10. The van der Waals surface area contributed by atoms with Crippen molar-refractivity contribution < 1.29 is 19.1 Å². The van der Waals surface area contributed by atoms with Gasteiger partial charge in [-0.05, 0) is 67.6 Å². The van der Waals surface area contributed by atoms with Crippen LogP contribution in [0.2, 0.25) is 0 Å². The summed E-state index contributed by atoms with van der Waals surface area (Å²) in [5.74, 6) is 1.30. The first-order valence-electron chi connectivity index (χ1n) is 9.79. The number of ether oxygens (including phenoxy) is 2. The highest BCUT2D eigenvalue weighted by atomic mass is 32.2. The van der Waals surface area contributed by atoms with E-state index in [4.69, 9.17) is 9.47 Å². The summed E-state index contributed by atoms with van der Waals surface area (Å²) >= 11 is 1.44. The van der Waals surface area contributed by atoms with Crippen molar-refractivity contribution in [3.8, 4) is 11.5 Å². The number of para-hydroxylation sites is 2. The zero-order valence-corrected chi connectivity index (χ0v) is 18.2. The van der Waals surface area contributed by atoms with E-state index in [0.717, 1.165) is 10.6 Å². The fourth-order valence-electron chi connectivity index (χ4n) is 2.79. The Morgan fingerprint density at radius 3 is 2.29 bits per heavy atom. The van der Waals surface area contributed by atoms with Crippen molar-refractivity contribution in [2.24, 2.45) is 0 Å². The molecule has 0 spiro atoms. The van der Waals surface area contributed by atoms with E-state index >= 15 is 0 Å². The molecule has 2 N–H and O–H groups in total. The number of anilines is 2. The highest BCUT2D eigenvalue weighted by molar-refractivity contribution is 8.00. The lowest BCUT2D eigenvalue weighted by Crippen LogP contribution is -2.15. The second-order valence-corrected chi connectivity index (χ2v) is 7.52. The van der Waals surface area contributed by atoms with Crippen LogP contribution in [0.4, 0.5) is 11.4 Å². The average molecular weight is 437 g/mol. The Hall–Kier alpha value is -3.45. The number of rotatable bonds is 9. The summed E-state index contributed by atoms with van der Waals surface area (Å²) in [6.45, 7) is 2.56. The molecule has 0 aliphatic rings. The molecule has 160 valence electrons. The molecule has 3 rings (SSSR count). The first-order valence-corrected chi connectivity index (χ1v) is 10.8. The van der Waals surface area contributed by atoms with Gasteiger partial charge in [-0.1, -0.05) is 12.1 Å². The van der Waals surface area contributed by atoms with E-state index in [2.05, 4.69) is 10.6 Å². The molecule has 3 aromatic rings. The quantitative estimate of drug-likeness (QED) is 0.458. The van der Waals surface area contributed by atoms with Gasteiger partial charge in [0.2, 0.25) is 5.91 Å². The third-order valence-electron chi connectivity index (χ3n) is 4.29. The summed E-state index contributed by atoms with van der Waals surface area (Å²) in [6.07, 6.45) is 0. The third-order valence-corrected chi connectivity index (χ3v) is 5.30. The van der Waals surface area contributed by atoms with Gasteiger partial charge in [0.05, 0.1) is 25.2 Å². The van der Waals surface area contributed by atoms with Crippen LogP contribution in [0.15, 0.2) is 77.7 Å². The number of carbonyl (C=O) groups is 2. The van der Waals surface area contributed by atoms with Gasteiger partial charge in [0, 0.05) is 16.1 Å². The molecule has 31 heavy (non-hydrogen) atoms. The van der Waals surface area contributed by atoms with Gasteiger partial charge in [-0.15, -0.1) is 11.8 Å². The minimum Gasteiger partial charge on any atom is -0.495 e. The highest BCUT2D eigenvalue weighted by Crippen LogP contribution is 2.24. The number of methoxy groups -OCH3 is 1. The van der Waals surface area contributed by atoms with Crippen molar-refractivity contribution in [3.63, 3.8) is 0 Å². The number of benzene rings is 3. The van der Waals surface area contributed by atoms with Crippen molar-refractivity contribution >= 4 is 35.0 Å². The first kappa shape index (κ1) is 22.2. The maximum atomic E-state index is 12.5. The fourth-order valence-corrected chi connectivity index (χ4v) is 3.49. The Balaban J connectivity index is 1.51. The minimum atomic E-state index is -0.256. The largest absolute Gasteiger partial charge is 0.495 e. The van der Waals surface area contributed by atoms with E-state index in [0.29, 0.717) is 29.3 Å². The summed E-state index contributed by atoms with van der Waals surface area (Å²) in [5.41, 5.74) is 1.71. The molecule has 0 heterocycles. The Kier molecular flexibility index (Phi) is 7.95. The van der Waals surface area contributed by atoms with Gasteiger partial charge in [0.15, 0.2) is 0 Å². The molecule has 0 saturated carbocycles. The van der Waals surface area contributed by atoms with Crippen molar-refractivity contribution in [2.45, 2.75) is 11.8 Å². The summed E-state index contributed by atoms with van der Waals surface area (Å²) in [5, 5.41) is 5.67. The zero-order valence-electron chi connectivity index (χ0n) is 17.4. The molecule has 0 bridgehead atoms. The van der Waals surface area contributed by atoms with Gasteiger partial charge in [-0.25, -0.2) is 0 Å². The van der Waals surface area contributed by atoms with Crippen LogP contribution in [0.3, 0.4) is 0 Å². The molecule has 0 unspecified atom stereocenters. The van der Waals surface area contributed by atoms with Crippen LogP contribution in [0, 0.1) is 0 Å². The van der Waals surface area contributed by atoms with E-state index in [1.807, 2.05) is 43.3 Å². The van der Waals surface area contributed by atoms with Crippen LogP contribution in [0.1, 0.15) is 17.3 Å². The monoisotopic (exact) mass is 436 g/mol. The second kappa shape index (κ2) is 11.1. The van der Waals surface area contributed by atoms with Crippen LogP contribution in [0.5, 0.6) is 11.5 Å². The Labute approximate surface area is 186 Å². The van der Waals surface area contributed by atoms with E-state index in [1.165, 1.54) is 11.8 Å². The average Bonchev–Trinajstić information content (AvgIpc) is 2.79. The van der Waals surface area contributed by atoms with E-state index in [1.54, 1.807) is 43.5 Å². The molecule has 0 aromatic heterocycles. The van der Waals surface area contributed by atoms with Crippen LogP contribution < -0.4 is 20.1 Å². The van der Waals surface area contributed by atoms with Gasteiger partial charge >= 0.3 is 0 Å². The molecule has 0 fully saturated rings. The molecule has 0 radical (unpaired) electrons. The Morgan fingerprint density at radius 1 is 0.903 bits per heavy atom. The van der Waals surface area contributed by atoms with Crippen molar-refractivity contribution in [2.75, 3.05) is 30.1 Å². The normalized spacial score (nSPS) is 10.3. The lowest BCUT2D eigenvalue weighted by molar-refractivity contribution is -0.113. The van der Waals surface area contributed by atoms with Gasteiger partial charge < -0.3 is 20.1 Å².